The normalized spacial score (nSPS) is 10.4. The molecule has 1 heterocycles. The Hall–Kier alpha value is -1.55. The average molecular weight is 307 g/mol. The highest BCUT2D eigenvalue weighted by molar-refractivity contribution is 9.10. The highest BCUT2D eigenvalue weighted by Crippen LogP contribution is 2.30. The maximum atomic E-state index is 5.86. The molecular weight excluding hydrogens is 292 g/mol. The van der Waals surface area contributed by atoms with Crippen molar-refractivity contribution in [3.63, 3.8) is 0 Å². The average Bonchev–Trinajstić information content (AvgIpc) is 2.29. The van der Waals surface area contributed by atoms with E-state index in [9.17, 15) is 0 Å². The van der Waals surface area contributed by atoms with Gasteiger partial charge in [-0.3, -0.25) is 0 Å². The summed E-state index contributed by atoms with van der Waals surface area (Å²) in [5, 5.41) is 0. The van der Waals surface area contributed by atoms with Crippen LogP contribution in [0.4, 0.5) is 5.69 Å². The number of ether oxygens (including phenoxy) is 1. The Kier molecular flexibility index (Phi) is 3.57. The van der Waals surface area contributed by atoms with Crippen LogP contribution >= 0.6 is 15.9 Å². The Balaban J connectivity index is 2.37. The van der Waals surface area contributed by atoms with Crippen molar-refractivity contribution < 1.29 is 4.74 Å². The van der Waals surface area contributed by atoms with Gasteiger partial charge in [0.25, 0.3) is 0 Å². The van der Waals surface area contributed by atoms with Gasteiger partial charge in [-0.15, -0.1) is 0 Å². The van der Waals surface area contributed by atoms with E-state index in [-0.39, 0.29) is 0 Å². The van der Waals surface area contributed by atoms with Crippen molar-refractivity contribution in [2.24, 2.45) is 0 Å². The lowest BCUT2D eigenvalue weighted by molar-refractivity contribution is 0.455. The van der Waals surface area contributed by atoms with Crippen LogP contribution in [0.1, 0.15) is 16.7 Å². The number of pyridine rings is 1. The summed E-state index contributed by atoms with van der Waals surface area (Å²) in [5.41, 5.74) is 9.62. The van der Waals surface area contributed by atoms with Crippen molar-refractivity contribution in [1.82, 2.24) is 4.98 Å². The predicted octanol–water partition coefficient (Wildman–Crippen LogP) is 4.14. The molecule has 0 saturated carbocycles. The fourth-order valence-electron chi connectivity index (χ4n) is 1.66. The number of aromatic nitrogens is 1. The van der Waals surface area contributed by atoms with E-state index in [0.29, 0.717) is 5.88 Å². The highest BCUT2D eigenvalue weighted by atomic mass is 79.9. The zero-order chi connectivity index (χ0) is 13.3. The quantitative estimate of drug-likeness (QED) is 0.848. The molecule has 2 N–H and O–H groups in total. The zero-order valence-electron chi connectivity index (χ0n) is 10.6. The molecule has 94 valence electrons. The van der Waals surface area contributed by atoms with E-state index in [1.54, 1.807) is 6.20 Å². The second-order valence-electron chi connectivity index (χ2n) is 4.35. The molecule has 3 nitrogen and oxygen atoms in total. The summed E-state index contributed by atoms with van der Waals surface area (Å²) in [5.74, 6) is 1.41. The maximum Gasteiger partial charge on any atom is 0.222 e. The van der Waals surface area contributed by atoms with Gasteiger partial charge in [0, 0.05) is 21.9 Å². The molecule has 2 rings (SSSR count). The first-order valence-corrected chi connectivity index (χ1v) is 6.43. The molecule has 0 aliphatic heterocycles. The number of rotatable bonds is 2. The van der Waals surface area contributed by atoms with Gasteiger partial charge in [-0.25, -0.2) is 4.98 Å². The van der Waals surface area contributed by atoms with Crippen LogP contribution in [0.25, 0.3) is 0 Å². The largest absolute Gasteiger partial charge is 0.438 e. The van der Waals surface area contributed by atoms with E-state index in [2.05, 4.69) is 20.9 Å². The second kappa shape index (κ2) is 4.98. The second-order valence-corrected chi connectivity index (χ2v) is 5.27. The molecule has 0 aliphatic rings. The van der Waals surface area contributed by atoms with Gasteiger partial charge < -0.3 is 10.5 Å². The summed E-state index contributed by atoms with van der Waals surface area (Å²) in [6.07, 6.45) is 1.72. The third-order valence-electron chi connectivity index (χ3n) is 2.77. The van der Waals surface area contributed by atoms with Crippen molar-refractivity contribution in [2.75, 3.05) is 5.73 Å². The molecule has 0 atom stereocenters. The lowest BCUT2D eigenvalue weighted by atomic mass is 10.1. The maximum absolute atomic E-state index is 5.86. The van der Waals surface area contributed by atoms with Gasteiger partial charge in [-0.1, -0.05) is 0 Å². The first-order valence-electron chi connectivity index (χ1n) is 5.64. The van der Waals surface area contributed by atoms with Crippen LogP contribution in [-0.4, -0.2) is 4.98 Å². The lowest BCUT2D eigenvalue weighted by Crippen LogP contribution is -1.96. The lowest BCUT2D eigenvalue weighted by Gasteiger charge is -2.12. The van der Waals surface area contributed by atoms with Crippen LogP contribution in [0.2, 0.25) is 0 Å². The first kappa shape index (κ1) is 12.9. The van der Waals surface area contributed by atoms with Crippen molar-refractivity contribution in [3.05, 3.63) is 45.6 Å². The van der Waals surface area contributed by atoms with Crippen molar-refractivity contribution in [2.45, 2.75) is 20.8 Å². The monoisotopic (exact) mass is 306 g/mol. The summed E-state index contributed by atoms with van der Waals surface area (Å²) >= 11 is 3.38. The molecule has 2 aromatic rings. The zero-order valence-corrected chi connectivity index (χ0v) is 12.2. The highest BCUT2D eigenvalue weighted by Gasteiger charge is 2.08. The van der Waals surface area contributed by atoms with E-state index in [1.165, 1.54) is 0 Å². The first-order chi connectivity index (χ1) is 8.47. The van der Waals surface area contributed by atoms with Gasteiger partial charge in [0.2, 0.25) is 5.88 Å². The van der Waals surface area contributed by atoms with Crippen LogP contribution in [0.5, 0.6) is 11.6 Å². The number of aryl methyl sites for hydroxylation is 3. The Labute approximate surface area is 115 Å². The Morgan fingerprint density at radius 2 is 1.78 bits per heavy atom. The molecule has 0 saturated heterocycles. The number of anilines is 1. The summed E-state index contributed by atoms with van der Waals surface area (Å²) in [4.78, 5) is 4.27. The third-order valence-corrected chi connectivity index (χ3v) is 3.20. The van der Waals surface area contributed by atoms with Crippen molar-refractivity contribution in [3.8, 4) is 11.6 Å². The molecule has 0 fully saturated rings. The van der Waals surface area contributed by atoms with Crippen LogP contribution in [0, 0.1) is 20.8 Å². The minimum atomic E-state index is 0.616. The number of hydrogen-bond acceptors (Lipinski definition) is 3. The van der Waals surface area contributed by atoms with E-state index in [1.807, 2.05) is 39.0 Å². The van der Waals surface area contributed by atoms with Gasteiger partial charge in [-0.2, -0.15) is 0 Å². The number of halogens is 1. The molecule has 18 heavy (non-hydrogen) atoms. The molecular formula is C14H15BrN2O. The fraction of sp³-hybridized carbons (Fsp3) is 0.214. The summed E-state index contributed by atoms with van der Waals surface area (Å²) in [6, 6.07) is 5.83. The Bertz CT molecular complexity index is 597. The number of nitrogens with two attached hydrogens (primary N) is 1. The molecule has 0 unspecified atom stereocenters. The smallest absolute Gasteiger partial charge is 0.222 e. The van der Waals surface area contributed by atoms with Crippen LogP contribution in [0.15, 0.2) is 28.9 Å². The molecule has 4 heteroatoms. The van der Waals surface area contributed by atoms with Gasteiger partial charge in [-0.05, 0) is 66.0 Å². The number of hydrogen-bond donors (Lipinski definition) is 1. The summed E-state index contributed by atoms with van der Waals surface area (Å²) < 4.78 is 6.79. The van der Waals surface area contributed by atoms with Gasteiger partial charge in [0.05, 0.1) is 0 Å². The topological polar surface area (TPSA) is 48.1 Å². The molecule has 1 aromatic carbocycles. The third kappa shape index (κ3) is 2.64. The van der Waals surface area contributed by atoms with E-state index in [4.69, 9.17) is 10.5 Å². The minimum Gasteiger partial charge on any atom is -0.438 e. The van der Waals surface area contributed by atoms with Gasteiger partial charge in [0.15, 0.2) is 0 Å². The van der Waals surface area contributed by atoms with Crippen LogP contribution in [0.3, 0.4) is 0 Å². The Morgan fingerprint density at radius 3 is 2.44 bits per heavy atom. The summed E-state index contributed by atoms with van der Waals surface area (Å²) in [7, 11) is 0. The standard InChI is InChI=1S/C14H15BrN2O/c1-8-6-13(9(2)5-12(8)16)18-14-10(3)4-11(15)7-17-14/h4-7H,16H2,1-3H3. The SMILES string of the molecule is Cc1cc(Oc2ncc(Br)cc2C)c(C)cc1N. The number of nitrogens with zero attached hydrogens (tertiary/aromatic N) is 1. The summed E-state index contributed by atoms with van der Waals surface area (Å²) in [6.45, 7) is 5.90. The molecule has 0 amide bonds. The molecule has 0 radical (unpaired) electrons. The van der Waals surface area contributed by atoms with Gasteiger partial charge in [0.1, 0.15) is 5.75 Å². The van der Waals surface area contributed by atoms with Crippen LogP contribution < -0.4 is 10.5 Å². The fourth-order valence-corrected chi connectivity index (χ4v) is 2.11. The molecule has 0 aliphatic carbocycles. The molecule has 0 bridgehead atoms. The van der Waals surface area contributed by atoms with E-state index >= 15 is 0 Å². The van der Waals surface area contributed by atoms with Crippen LogP contribution in [-0.2, 0) is 0 Å². The molecule has 0 spiro atoms. The number of nitrogen functional groups attached to an aromatic ring is 1. The van der Waals surface area contributed by atoms with Crippen molar-refractivity contribution >= 4 is 21.6 Å². The van der Waals surface area contributed by atoms with E-state index in [0.717, 1.165) is 32.6 Å². The van der Waals surface area contributed by atoms with E-state index < -0.39 is 0 Å². The Morgan fingerprint density at radius 1 is 1.06 bits per heavy atom. The van der Waals surface area contributed by atoms with Crippen molar-refractivity contribution in [1.29, 1.82) is 0 Å². The molecule has 1 aromatic heterocycles. The minimum absolute atomic E-state index is 0.616. The number of benzene rings is 1. The van der Waals surface area contributed by atoms with Gasteiger partial charge >= 0.3 is 0 Å². The predicted molar refractivity (Wildman–Crippen MR) is 77.1 cm³/mol.